The lowest BCUT2D eigenvalue weighted by Crippen LogP contribution is -2.26. The van der Waals surface area contributed by atoms with Crippen LogP contribution in [-0.4, -0.2) is 37.5 Å². The van der Waals surface area contributed by atoms with Gasteiger partial charge in [-0.05, 0) is 12.1 Å². The SMILES string of the molecule is O=Cc1ccccc1OCC(=O)OC1CCOC1=O. The second kappa shape index (κ2) is 5.99. The molecule has 6 heteroatoms. The number of carbonyl (C=O) groups is 3. The first-order chi connectivity index (χ1) is 9.20. The molecule has 0 aliphatic carbocycles. The fraction of sp³-hybridized carbons (Fsp3) is 0.308. The van der Waals surface area contributed by atoms with Gasteiger partial charge in [0.25, 0.3) is 0 Å². The molecule has 1 heterocycles. The van der Waals surface area contributed by atoms with Crippen molar-refractivity contribution in [2.75, 3.05) is 13.2 Å². The highest BCUT2D eigenvalue weighted by atomic mass is 16.6. The van der Waals surface area contributed by atoms with Crippen LogP contribution in [0.5, 0.6) is 5.75 Å². The summed E-state index contributed by atoms with van der Waals surface area (Å²) in [5, 5.41) is 0. The van der Waals surface area contributed by atoms with Gasteiger partial charge >= 0.3 is 11.9 Å². The van der Waals surface area contributed by atoms with E-state index in [2.05, 4.69) is 4.74 Å². The number of aldehydes is 1. The molecule has 1 aromatic carbocycles. The first kappa shape index (κ1) is 13.1. The maximum Gasteiger partial charge on any atom is 0.347 e. The molecule has 100 valence electrons. The highest BCUT2D eigenvalue weighted by Gasteiger charge is 2.30. The Hall–Kier alpha value is -2.37. The molecule has 0 saturated carbocycles. The standard InChI is InChI=1S/C13H12O6/c14-7-9-3-1-2-4-10(9)18-8-12(15)19-11-5-6-17-13(11)16/h1-4,7,11H,5-6,8H2. The molecule has 1 atom stereocenters. The van der Waals surface area contributed by atoms with Gasteiger partial charge in [0.2, 0.25) is 6.10 Å². The normalized spacial score (nSPS) is 17.7. The van der Waals surface area contributed by atoms with Crippen LogP contribution in [-0.2, 0) is 19.1 Å². The Labute approximate surface area is 109 Å². The molecule has 1 saturated heterocycles. The molecular weight excluding hydrogens is 252 g/mol. The summed E-state index contributed by atoms with van der Waals surface area (Å²) < 4.78 is 14.7. The number of hydrogen-bond acceptors (Lipinski definition) is 6. The fourth-order valence-corrected chi connectivity index (χ4v) is 1.62. The first-order valence-corrected chi connectivity index (χ1v) is 5.74. The Morgan fingerprint density at radius 2 is 2.21 bits per heavy atom. The van der Waals surface area contributed by atoms with Gasteiger partial charge in [0.05, 0.1) is 12.2 Å². The van der Waals surface area contributed by atoms with Crippen molar-refractivity contribution in [3.05, 3.63) is 29.8 Å². The van der Waals surface area contributed by atoms with Gasteiger partial charge in [-0.25, -0.2) is 9.59 Å². The van der Waals surface area contributed by atoms with Crippen LogP contribution in [0.3, 0.4) is 0 Å². The van der Waals surface area contributed by atoms with E-state index in [1.54, 1.807) is 24.3 Å². The highest BCUT2D eigenvalue weighted by molar-refractivity contribution is 5.82. The van der Waals surface area contributed by atoms with Crippen LogP contribution in [0.1, 0.15) is 16.8 Å². The summed E-state index contributed by atoms with van der Waals surface area (Å²) in [5.74, 6) is -0.922. The molecule has 1 fully saturated rings. The smallest absolute Gasteiger partial charge is 0.347 e. The lowest BCUT2D eigenvalue weighted by Gasteiger charge is -2.10. The van der Waals surface area contributed by atoms with Gasteiger partial charge in [0.1, 0.15) is 5.75 Å². The zero-order valence-corrected chi connectivity index (χ0v) is 10.0. The zero-order valence-electron chi connectivity index (χ0n) is 10.0. The van der Waals surface area contributed by atoms with Crippen molar-refractivity contribution in [1.82, 2.24) is 0 Å². The molecule has 2 rings (SSSR count). The molecule has 0 bridgehead atoms. The van der Waals surface area contributed by atoms with Crippen LogP contribution < -0.4 is 4.74 Å². The number of rotatable bonds is 5. The summed E-state index contributed by atoms with van der Waals surface area (Å²) in [7, 11) is 0. The predicted molar refractivity (Wildman–Crippen MR) is 62.8 cm³/mol. The van der Waals surface area contributed by atoms with Crippen molar-refractivity contribution in [1.29, 1.82) is 0 Å². The van der Waals surface area contributed by atoms with E-state index in [1.165, 1.54) is 0 Å². The monoisotopic (exact) mass is 264 g/mol. The second-order valence-corrected chi connectivity index (χ2v) is 3.88. The Morgan fingerprint density at radius 3 is 2.89 bits per heavy atom. The molecule has 0 spiro atoms. The number of cyclic esters (lactones) is 1. The quantitative estimate of drug-likeness (QED) is 0.576. The van der Waals surface area contributed by atoms with Gasteiger partial charge in [0.15, 0.2) is 12.9 Å². The number of esters is 2. The van der Waals surface area contributed by atoms with E-state index >= 15 is 0 Å². The molecule has 19 heavy (non-hydrogen) atoms. The van der Waals surface area contributed by atoms with Gasteiger partial charge in [-0.3, -0.25) is 4.79 Å². The number of hydrogen-bond donors (Lipinski definition) is 0. The number of benzene rings is 1. The summed E-state index contributed by atoms with van der Waals surface area (Å²) >= 11 is 0. The number of ether oxygens (including phenoxy) is 3. The van der Waals surface area contributed by atoms with Crippen LogP contribution in [0.2, 0.25) is 0 Å². The van der Waals surface area contributed by atoms with E-state index in [0.717, 1.165) is 0 Å². The van der Waals surface area contributed by atoms with E-state index in [9.17, 15) is 14.4 Å². The average molecular weight is 264 g/mol. The topological polar surface area (TPSA) is 78.9 Å². The summed E-state index contributed by atoms with van der Waals surface area (Å²) in [6, 6.07) is 6.51. The molecule has 0 aromatic heterocycles. The van der Waals surface area contributed by atoms with Crippen molar-refractivity contribution in [3.63, 3.8) is 0 Å². The molecule has 6 nitrogen and oxygen atoms in total. The molecule has 0 amide bonds. The van der Waals surface area contributed by atoms with E-state index in [1.807, 2.05) is 0 Å². The summed E-state index contributed by atoms with van der Waals surface area (Å²) in [5.41, 5.74) is 0.343. The van der Waals surface area contributed by atoms with Crippen LogP contribution in [0.4, 0.5) is 0 Å². The van der Waals surface area contributed by atoms with E-state index in [-0.39, 0.29) is 13.2 Å². The molecule has 0 N–H and O–H groups in total. The minimum Gasteiger partial charge on any atom is -0.481 e. The average Bonchev–Trinajstić information content (AvgIpc) is 2.82. The maximum absolute atomic E-state index is 11.5. The van der Waals surface area contributed by atoms with Gasteiger partial charge < -0.3 is 14.2 Å². The Bertz CT molecular complexity index is 496. The van der Waals surface area contributed by atoms with Crippen molar-refractivity contribution in [2.45, 2.75) is 12.5 Å². The van der Waals surface area contributed by atoms with Crippen LogP contribution in [0, 0.1) is 0 Å². The van der Waals surface area contributed by atoms with Crippen LogP contribution in [0.15, 0.2) is 24.3 Å². The predicted octanol–water partition coefficient (Wildman–Crippen LogP) is 0.737. The second-order valence-electron chi connectivity index (χ2n) is 3.88. The summed E-state index contributed by atoms with van der Waals surface area (Å²) in [6.45, 7) is -0.111. The summed E-state index contributed by atoms with van der Waals surface area (Å²) in [6.07, 6.45) is 0.141. The van der Waals surface area contributed by atoms with Gasteiger partial charge in [-0.1, -0.05) is 12.1 Å². The number of para-hydroxylation sites is 1. The van der Waals surface area contributed by atoms with Gasteiger partial charge in [-0.15, -0.1) is 0 Å². The van der Waals surface area contributed by atoms with Crippen molar-refractivity contribution >= 4 is 18.2 Å². The lowest BCUT2D eigenvalue weighted by atomic mass is 10.2. The third-order valence-corrected chi connectivity index (χ3v) is 2.55. The molecule has 1 aliphatic heterocycles. The minimum absolute atomic E-state index is 0.256. The van der Waals surface area contributed by atoms with Gasteiger partial charge in [-0.2, -0.15) is 0 Å². The largest absolute Gasteiger partial charge is 0.481 e. The van der Waals surface area contributed by atoms with Crippen LogP contribution in [0.25, 0.3) is 0 Å². The van der Waals surface area contributed by atoms with E-state index < -0.39 is 18.0 Å². The van der Waals surface area contributed by atoms with Gasteiger partial charge in [0, 0.05) is 6.42 Å². The zero-order chi connectivity index (χ0) is 13.7. The van der Waals surface area contributed by atoms with E-state index in [4.69, 9.17) is 9.47 Å². The molecule has 1 aromatic rings. The van der Waals surface area contributed by atoms with Crippen molar-refractivity contribution in [2.24, 2.45) is 0 Å². The summed E-state index contributed by atoms with van der Waals surface area (Å²) in [4.78, 5) is 33.3. The lowest BCUT2D eigenvalue weighted by molar-refractivity contribution is -0.161. The molecule has 0 radical (unpaired) electrons. The van der Waals surface area contributed by atoms with Crippen molar-refractivity contribution in [3.8, 4) is 5.75 Å². The van der Waals surface area contributed by atoms with Crippen molar-refractivity contribution < 1.29 is 28.6 Å². The Kier molecular flexibility index (Phi) is 4.12. The minimum atomic E-state index is -0.850. The molecule has 1 unspecified atom stereocenters. The number of carbonyl (C=O) groups excluding carboxylic acids is 3. The fourth-order valence-electron chi connectivity index (χ4n) is 1.62. The first-order valence-electron chi connectivity index (χ1n) is 5.74. The van der Waals surface area contributed by atoms with E-state index in [0.29, 0.717) is 24.0 Å². The third kappa shape index (κ3) is 3.31. The van der Waals surface area contributed by atoms with Crippen LogP contribution >= 0.6 is 0 Å². The maximum atomic E-state index is 11.5. The third-order valence-electron chi connectivity index (χ3n) is 2.55. The molecular formula is C13H12O6. The Balaban J connectivity index is 1.86. The molecule has 1 aliphatic rings. The highest BCUT2D eigenvalue weighted by Crippen LogP contribution is 2.16. The Morgan fingerprint density at radius 1 is 1.42 bits per heavy atom.